The summed E-state index contributed by atoms with van der Waals surface area (Å²) in [6, 6.07) is 27.5. The molecule has 0 aliphatic rings. The van der Waals surface area contributed by atoms with Gasteiger partial charge < -0.3 is 4.57 Å². The molecule has 4 aromatic rings. The fourth-order valence-electron chi connectivity index (χ4n) is 4.64. The van der Waals surface area contributed by atoms with Gasteiger partial charge in [0.25, 0.3) is 0 Å². The van der Waals surface area contributed by atoms with E-state index in [1.165, 1.54) is 21.9 Å². The van der Waals surface area contributed by atoms with Crippen LogP contribution < -0.4 is 0 Å². The third kappa shape index (κ3) is 4.95. The SMILES string of the molecule is C=C/C=C\C(=C/C=C)C(C(/C=C\C(=C)n1c2ccccc2c2ccccc21)=C/C)c1ccccc1. The second-order valence-corrected chi connectivity index (χ2v) is 8.32. The second kappa shape index (κ2) is 11.2. The largest absolute Gasteiger partial charge is 0.310 e. The smallest absolute Gasteiger partial charge is 0.0540 e. The minimum atomic E-state index is 0.0533. The van der Waals surface area contributed by atoms with Gasteiger partial charge in [0.2, 0.25) is 0 Å². The molecule has 1 unspecified atom stereocenters. The molecule has 4 rings (SSSR count). The molecule has 3 aromatic carbocycles. The van der Waals surface area contributed by atoms with E-state index in [0.29, 0.717) is 0 Å². The molecule has 0 fully saturated rings. The van der Waals surface area contributed by atoms with Gasteiger partial charge in [-0.05, 0) is 41.8 Å². The standard InChI is InChI=1S/C34H31N/c1-5-8-17-28(16-6-2)34(29-18-10-9-11-19-29)27(7-3)25-24-26(4)35-32-22-14-12-20-30(32)31-21-13-15-23-33(31)35/h5-25,34H,1-2,4H2,3H3/b17-8-,25-24-,27-7+,28-16+. The predicted molar refractivity (Wildman–Crippen MR) is 154 cm³/mol. The first-order valence-electron chi connectivity index (χ1n) is 11.9. The summed E-state index contributed by atoms with van der Waals surface area (Å²) in [5.41, 5.74) is 6.78. The Morgan fingerprint density at radius 2 is 1.31 bits per heavy atom. The molecular weight excluding hydrogens is 422 g/mol. The van der Waals surface area contributed by atoms with Crippen molar-refractivity contribution in [3.05, 3.63) is 164 Å². The molecular formula is C34H31N. The first kappa shape index (κ1) is 23.8. The molecule has 1 atom stereocenters. The molecule has 0 saturated carbocycles. The maximum atomic E-state index is 4.46. The summed E-state index contributed by atoms with van der Waals surface area (Å²) in [5.74, 6) is 0.0533. The van der Waals surface area contributed by atoms with Crippen LogP contribution in [0.25, 0.3) is 27.5 Å². The Morgan fingerprint density at radius 3 is 1.89 bits per heavy atom. The van der Waals surface area contributed by atoms with E-state index in [1.807, 2.05) is 18.2 Å². The van der Waals surface area contributed by atoms with Crippen molar-refractivity contribution in [1.29, 1.82) is 0 Å². The molecule has 0 N–H and O–H groups in total. The third-order valence-corrected chi connectivity index (χ3v) is 6.20. The van der Waals surface area contributed by atoms with Gasteiger partial charge >= 0.3 is 0 Å². The number of fused-ring (bicyclic) bond motifs is 3. The summed E-state index contributed by atoms with van der Waals surface area (Å²) < 4.78 is 2.24. The minimum Gasteiger partial charge on any atom is -0.310 e. The van der Waals surface area contributed by atoms with Gasteiger partial charge in [-0.1, -0.05) is 129 Å². The van der Waals surface area contributed by atoms with Crippen LogP contribution in [0.15, 0.2) is 158 Å². The lowest BCUT2D eigenvalue weighted by molar-refractivity contribution is 0.972. The van der Waals surface area contributed by atoms with E-state index in [0.717, 1.165) is 22.3 Å². The van der Waals surface area contributed by atoms with Crippen molar-refractivity contribution in [1.82, 2.24) is 4.57 Å². The Kier molecular flexibility index (Phi) is 7.60. The summed E-state index contributed by atoms with van der Waals surface area (Å²) in [6.07, 6.45) is 16.3. The zero-order valence-electron chi connectivity index (χ0n) is 20.3. The van der Waals surface area contributed by atoms with Crippen molar-refractivity contribution in [3.8, 4) is 0 Å². The Labute approximate surface area is 208 Å². The zero-order valence-corrected chi connectivity index (χ0v) is 20.3. The molecule has 0 spiro atoms. The molecule has 1 nitrogen and oxygen atoms in total. The number of nitrogens with zero attached hydrogens (tertiary/aromatic N) is 1. The Morgan fingerprint density at radius 1 is 0.714 bits per heavy atom. The van der Waals surface area contributed by atoms with E-state index < -0.39 is 0 Å². The molecule has 0 bridgehead atoms. The molecule has 1 heteroatoms. The van der Waals surface area contributed by atoms with Crippen LogP contribution in [-0.4, -0.2) is 4.57 Å². The van der Waals surface area contributed by atoms with Crippen LogP contribution in [0.1, 0.15) is 18.4 Å². The van der Waals surface area contributed by atoms with Crippen LogP contribution in [-0.2, 0) is 0 Å². The van der Waals surface area contributed by atoms with Crippen molar-refractivity contribution in [2.75, 3.05) is 0 Å². The molecule has 0 saturated heterocycles. The van der Waals surface area contributed by atoms with E-state index in [1.54, 1.807) is 6.08 Å². The number of allylic oxidation sites excluding steroid dienone is 11. The molecule has 0 aliphatic carbocycles. The number of benzene rings is 3. The lowest BCUT2D eigenvalue weighted by atomic mass is 9.83. The maximum absolute atomic E-state index is 4.46. The van der Waals surface area contributed by atoms with Gasteiger partial charge in [0.05, 0.1) is 11.0 Å². The highest BCUT2D eigenvalue weighted by atomic mass is 15.0. The van der Waals surface area contributed by atoms with Gasteiger partial charge in [-0.25, -0.2) is 0 Å². The summed E-state index contributed by atoms with van der Waals surface area (Å²) in [6.45, 7) is 14.3. The van der Waals surface area contributed by atoms with Gasteiger partial charge in [-0.2, -0.15) is 0 Å². The van der Waals surface area contributed by atoms with E-state index in [2.05, 4.69) is 134 Å². The Balaban J connectivity index is 1.79. The van der Waals surface area contributed by atoms with Crippen molar-refractivity contribution in [2.24, 2.45) is 0 Å². The fraction of sp³-hybridized carbons (Fsp3) is 0.0588. The van der Waals surface area contributed by atoms with Crippen LogP contribution in [0.5, 0.6) is 0 Å². The third-order valence-electron chi connectivity index (χ3n) is 6.20. The molecule has 0 aliphatic heterocycles. The average molecular weight is 454 g/mol. The summed E-state index contributed by atoms with van der Waals surface area (Å²) in [4.78, 5) is 0. The predicted octanol–water partition coefficient (Wildman–Crippen LogP) is 9.41. The monoisotopic (exact) mass is 453 g/mol. The summed E-state index contributed by atoms with van der Waals surface area (Å²) in [5, 5.41) is 2.47. The van der Waals surface area contributed by atoms with Crippen molar-refractivity contribution >= 4 is 27.5 Å². The molecule has 0 radical (unpaired) electrons. The highest BCUT2D eigenvalue weighted by Gasteiger charge is 2.18. The quantitative estimate of drug-likeness (QED) is 0.222. The first-order valence-corrected chi connectivity index (χ1v) is 11.9. The van der Waals surface area contributed by atoms with Crippen LogP contribution in [0.4, 0.5) is 0 Å². The first-order chi connectivity index (χ1) is 17.2. The number of para-hydroxylation sites is 2. The van der Waals surface area contributed by atoms with Crippen LogP contribution in [0.2, 0.25) is 0 Å². The molecule has 1 aromatic heterocycles. The molecule has 0 amide bonds. The van der Waals surface area contributed by atoms with Crippen LogP contribution in [0, 0.1) is 0 Å². The highest BCUT2D eigenvalue weighted by Crippen LogP contribution is 2.35. The fourth-order valence-corrected chi connectivity index (χ4v) is 4.64. The number of hydrogen-bond acceptors (Lipinski definition) is 0. The number of aromatic nitrogens is 1. The number of hydrogen-bond donors (Lipinski definition) is 0. The lowest BCUT2D eigenvalue weighted by Gasteiger charge is -2.21. The summed E-state index contributed by atoms with van der Waals surface area (Å²) >= 11 is 0. The van der Waals surface area contributed by atoms with Gasteiger partial charge in [-0.3, -0.25) is 0 Å². The highest BCUT2D eigenvalue weighted by molar-refractivity contribution is 6.10. The summed E-state index contributed by atoms with van der Waals surface area (Å²) in [7, 11) is 0. The van der Waals surface area contributed by atoms with Gasteiger partial charge in [0.1, 0.15) is 0 Å². The maximum Gasteiger partial charge on any atom is 0.0540 e. The molecule has 35 heavy (non-hydrogen) atoms. The van der Waals surface area contributed by atoms with Crippen molar-refractivity contribution < 1.29 is 0 Å². The number of rotatable bonds is 9. The molecule has 172 valence electrons. The lowest BCUT2D eigenvalue weighted by Crippen LogP contribution is -2.04. The van der Waals surface area contributed by atoms with Crippen LogP contribution >= 0.6 is 0 Å². The van der Waals surface area contributed by atoms with E-state index in [4.69, 9.17) is 0 Å². The second-order valence-electron chi connectivity index (χ2n) is 8.32. The topological polar surface area (TPSA) is 4.93 Å². The van der Waals surface area contributed by atoms with E-state index in [9.17, 15) is 0 Å². The Bertz CT molecular complexity index is 1430. The van der Waals surface area contributed by atoms with Crippen molar-refractivity contribution in [3.63, 3.8) is 0 Å². The normalized spacial score (nSPS) is 13.6. The van der Waals surface area contributed by atoms with E-state index >= 15 is 0 Å². The van der Waals surface area contributed by atoms with Crippen molar-refractivity contribution in [2.45, 2.75) is 12.8 Å². The Hall–Kier alpha value is -4.36. The van der Waals surface area contributed by atoms with Gasteiger partial charge in [0, 0.05) is 22.4 Å². The van der Waals surface area contributed by atoms with Gasteiger partial charge in [0.15, 0.2) is 0 Å². The van der Waals surface area contributed by atoms with E-state index in [-0.39, 0.29) is 5.92 Å². The average Bonchev–Trinajstić information content (AvgIpc) is 3.24. The minimum absolute atomic E-state index is 0.0533. The van der Waals surface area contributed by atoms with Crippen LogP contribution in [0.3, 0.4) is 0 Å². The molecule has 1 heterocycles. The zero-order chi connectivity index (χ0) is 24.6. The van der Waals surface area contributed by atoms with Gasteiger partial charge in [-0.15, -0.1) is 0 Å².